The van der Waals surface area contributed by atoms with Gasteiger partial charge in [-0.2, -0.15) is 0 Å². The second-order valence-corrected chi connectivity index (χ2v) is 5.78. The molecule has 0 aliphatic carbocycles. The second kappa shape index (κ2) is 7.46. The number of amides is 1. The van der Waals surface area contributed by atoms with Crippen LogP contribution in [0.1, 0.15) is 32.3 Å². The van der Waals surface area contributed by atoms with E-state index in [0.717, 1.165) is 37.2 Å². The maximum atomic E-state index is 12.7. The SMILES string of the molecule is CCN(Cc1ccc(OC)cc1)C(=O)C1CCNC(C)C1. The minimum atomic E-state index is 0.166. The number of carbonyl (C=O) groups excluding carboxylic acids is 1. The molecule has 0 spiro atoms. The van der Waals surface area contributed by atoms with Gasteiger partial charge in [-0.3, -0.25) is 4.79 Å². The van der Waals surface area contributed by atoms with Gasteiger partial charge in [-0.25, -0.2) is 0 Å². The summed E-state index contributed by atoms with van der Waals surface area (Å²) in [6.07, 6.45) is 1.89. The van der Waals surface area contributed by atoms with Crippen LogP contribution >= 0.6 is 0 Å². The smallest absolute Gasteiger partial charge is 0.226 e. The van der Waals surface area contributed by atoms with Crippen LogP contribution in [-0.2, 0) is 11.3 Å². The number of benzene rings is 1. The third-order valence-corrected chi connectivity index (χ3v) is 4.20. The van der Waals surface area contributed by atoms with E-state index < -0.39 is 0 Å². The fraction of sp³-hybridized carbons (Fsp3) is 0.588. The quantitative estimate of drug-likeness (QED) is 0.905. The minimum Gasteiger partial charge on any atom is -0.497 e. The van der Waals surface area contributed by atoms with Crippen molar-refractivity contribution in [2.75, 3.05) is 20.2 Å². The van der Waals surface area contributed by atoms with Crippen molar-refractivity contribution in [1.29, 1.82) is 0 Å². The largest absolute Gasteiger partial charge is 0.497 e. The minimum absolute atomic E-state index is 0.166. The Labute approximate surface area is 127 Å². The Kier molecular flexibility index (Phi) is 5.62. The molecule has 2 rings (SSSR count). The first-order chi connectivity index (χ1) is 10.1. The molecule has 4 heteroatoms. The molecule has 0 saturated carbocycles. The fourth-order valence-corrected chi connectivity index (χ4v) is 2.91. The molecule has 1 N–H and O–H groups in total. The zero-order chi connectivity index (χ0) is 15.2. The summed E-state index contributed by atoms with van der Waals surface area (Å²) in [5, 5.41) is 3.40. The summed E-state index contributed by atoms with van der Waals surface area (Å²) in [6.45, 7) is 6.57. The van der Waals surface area contributed by atoms with Gasteiger partial charge in [0.15, 0.2) is 0 Å². The van der Waals surface area contributed by atoms with Crippen molar-refractivity contribution in [1.82, 2.24) is 10.2 Å². The van der Waals surface area contributed by atoms with Crippen LogP contribution in [0.4, 0.5) is 0 Å². The molecule has 0 aromatic heterocycles. The van der Waals surface area contributed by atoms with E-state index in [1.54, 1.807) is 7.11 Å². The van der Waals surface area contributed by atoms with Gasteiger partial charge >= 0.3 is 0 Å². The molecule has 4 nitrogen and oxygen atoms in total. The zero-order valence-electron chi connectivity index (χ0n) is 13.3. The molecule has 1 saturated heterocycles. The topological polar surface area (TPSA) is 41.6 Å². The molecular weight excluding hydrogens is 264 g/mol. The second-order valence-electron chi connectivity index (χ2n) is 5.78. The van der Waals surface area contributed by atoms with Gasteiger partial charge in [-0.15, -0.1) is 0 Å². The van der Waals surface area contributed by atoms with E-state index in [1.165, 1.54) is 0 Å². The number of rotatable bonds is 5. The van der Waals surface area contributed by atoms with Crippen molar-refractivity contribution >= 4 is 5.91 Å². The van der Waals surface area contributed by atoms with E-state index in [9.17, 15) is 4.79 Å². The number of methoxy groups -OCH3 is 1. The standard InChI is InChI=1S/C17H26N2O2/c1-4-19(12-14-5-7-16(21-3)8-6-14)17(20)15-9-10-18-13(2)11-15/h5-8,13,15,18H,4,9-12H2,1-3H3. The Morgan fingerprint density at radius 2 is 2.10 bits per heavy atom. The number of hydrogen-bond acceptors (Lipinski definition) is 3. The lowest BCUT2D eigenvalue weighted by molar-refractivity contribution is -0.137. The number of ether oxygens (including phenoxy) is 1. The summed E-state index contributed by atoms with van der Waals surface area (Å²) in [7, 11) is 1.66. The van der Waals surface area contributed by atoms with Gasteiger partial charge in [0.05, 0.1) is 7.11 Å². The van der Waals surface area contributed by atoms with Crippen molar-refractivity contribution in [3.05, 3.63) is 29.8 Å². The lowest BCUT2D eigenvalue weighted by Gasteiger charge is -2.31. The van der Waals surface area contributed by atoms with Crippen LogP contribution in [0.3, 0.4) is 0 Å². The molecule has 1 amide bonds. The van der Waals surface area contributed by atoms with Gasteiger partial charge in [-0.05, 0) is 50.9 Å². The molecule has 1 fully saturated rings. The van der Waals surface area contributed by atoms with Gasteiger partial charge < -0.3 is 15.0 Å². The van der Waals surface area contributed by atoms with Crippen LogP contribution in [0.5, 0.6) is 5.75 Å². The van der Waals surface area contributed by atoms with Crippen LogP contribution in [-0.4, -0.2) is 37.0 Å². The van der Waals surface area contributed by atoms with Crippen molar-refractivity contribution in [3.63, 3.8) is 0 Å². The summed E-state index contributed by atoms with van der Waals surface area (Å²) in [5.41, 5.74) is 1.15. The molecule has 0 radical (unpaired) electrons. The first-order valence-corrected chi connectivity index (χ1v) is 7.79. The van der Waals surface area contributed by atoms with Crippen LogP contribution < -0.4 is 10.1 Å². The Balaban J connectivity index is 1.99. The highest BCUT2D eigenvalue weighted by atomic mass is 16.5. The average molecular weight is 290 g/mol. The summed E-state index contributed by atoms with van der Waals surface area (Å²) in [6, 6.07) is 8.38. The van der Waals surface area contributed by atoms with Gasteiger partial charge in [0.2, 0.25) is 5.91 Å². The summed E-state index contributed by atoms with van der Waals surface area (Å²) in [4.78, 5) is 14.6. The molecule has 1 aliphatic heterocycles. The number of carbonyl (C=O) groups is 1. The van der Waals surface area contributed by atoms with Crippen molar-refractivity contribution in [2.45, 2.75) is 39.3 Å². The Hall–Kier alpha value is -1.55. The third kappa shape index (κ3) is 4.21. The van der Waals surface area contributed by atoms with Crippen LogP contribution in [0, 0.1) is 5.92 Å². The Morgan fingerprint density at radius 3 is 2.67 bits per heavy atom. The van der Waals surface area contributed by atoms with E-state index in [2.05, 4.69) is 12.2 Å². The highest BCUT2D eigenvalue weighted by Gasteiger charge is 2.27. The van der Waals surface area contributed by atoms with Crippen LogP contribution in [0.15, 0.2) is 24.3 Å². The number of nitrogens with one attached hydrogen (secondary N) is 1. The van der Waals surface area contributed by atoms with Crippen molar-refractivity contribution < 1.29 is 9.53 Å². The lowest BCUT2D eigenvalue weighted by atomic mass is 9.92. The molecular formula is C17H26N2O2. The monoisotopic (exact) mass is 290 g/mol. The molecule has 2 atom stereocenters. The van der Waals surface area contributed by atoms with E-state index in [1.807, 2.05) is 36.1 Å². The van der Waals surface area contributed by atoms with E-state index in [0.29, 0.717) is 18.5 Å². The number of nitrogens with zero attached hydrogens (tertiary/aromatic N) is 1. The van der Waals surface area contributed by atoms with Crippen LogP contribution in [0.25, 0.3) is 0 Å². The molecule has 116 valence electrons. The summed E-state index contributed by atoms with van der Waals surface area (Å²) in [5.74, 6) is 1.31. The van der Waals surface area contributed by atoms with E-state index in [4.69, 9.17) is 4.74 Å². The molecule has 0 bridgehead atoms. The highest BCUT2D eigenvalue weighted by Crippen LogP contribution is 2.20. The molecule has 1 aromatic rings. The number of piperidine rings is 1. The normalized spacial score (nSPS) is 21.9. The summed E-state index contributed by atoms with van der Waals surface area (Å²) < 4.78 is 5.17. The van der Waals surface area contributed by atoms with Gasteiger partial charge in [0.25, 0.3) is 0 Å². The van der Waals surface area contributed by atoms with Gasteiger partial charge in [0, 0.05) is 25.0 Å². The molecule has 1 heterocycles. The molecule has 1 aromatic carbocycles. The third-order valence-electron chi connectivity index (χ3n) is 4.20. The molecule has 1 aliphatic rings. The lowest BCUT2D eigenvalue weighted by Crippen LogP contribution is -2.43. The van der Waals surface area contributed by atoms with Crippen LogP contribution in [0.2, 0.25) is 0 Å². The predicted octanol–water partition coefficient (Wildman–Crippen LogP) is 2.43. The average Bonchev–Trinajstić information content (AvgIpc) is 2.52. The maximum Gasteiger partial charge on any atom is 0.226 e. The highest BCUT2D eigenvalue weighted by molar-refractivity contribution is 5.79. The first-order valence-electron chi connectivity index (χ1n) is 7.79. The van der Waals surface area contributed by atoms with Crippen molar-refractivity contribution in [2.24, 2.45) is 5.92 Å². The Bertz CT molecular complexity index is 458. The van der Waals surface area contributed by atoms with Gasteiger partial charge in [-0.1, -0.05) is 12.1 Å². The molecule has 21 heavy (non-hydrogen) atoms. The zero-order valence-corrected chi connectivity index (χ0v) is 13.3. The predicted molar refractivity (Wildman–Crippen MR) is 84.3 cm³/mol. The Morgan fingerprint density at radius 1 is 1.38 bits per heavy atom. The van der Waals surface area contributed by atoms with E-state index in [-0.39, 0.29) is 5.92 Å². The molecule has 2 unspecified atom stereocenters. The number of hydrogen-bond donors (Lipinski definition) is 1. The van der Waals surface area contributed by atoms with E-state index >= 15 is 0 Å². The maximum absolute atomic E-state index is 12.7. The fourth-order valence-electron chi connectivity index (χ4n) is 2.91. The summed E-state index contributed by atoms with van der Waals surface area (Å²) >= 11 is 0. The first kappa shape index (κ1) is 15.8. The van der Waals surface area contributed by atoms with Crippen molar-refractivity contribution in [3.8, 4) is 5.75 Å². The van der Waals surface area contributed by atoms with Gasteiger partial charge in [0.1, 0.15) is 5.75 Å².